The van der Waals surface area contributed by atoms with Crippen LogP contribution in [0.3, 0.4) is 0 Å². The third kappa shape index (κ3) is 10.0. The number of rotatable bonds is 13. The maximum atomic E-state index is 12.7. The molecule has 0 aliphatic rings. The van der Waals surface area contributed by atoms with E-state index in [-0.39, 0.29) is 25.5 Å². The number of hydrogen-bond acceptors (Lipinski definition) is 6. The summed E-state index contributed by atoms with van der Waals surface area (Å²) in [5.74, 6) is -0.530. The molecule has 2 rings (SSSR count). The molecule has 178 valence electrons. The number of unbranched alkanes of at least 4 members (excludes halogenated alkanes) is 2. The van der Waals surface area contributed by atoms with Gasteiger partial charge in [0.15, 0.2) is 6.61 Å². The van der Waals surface area contributed by atoms with E-state index >= 15 is 0 Å². The van der Waals surface area contributed by atoms with Gasteiger partial charge in [-0.1, -0.05) is 62.2 Å². The summed E-state index contributed by atoms with van der Waals surface area (Å²) in [6.07, 6.45) is 2.48. The van der Waals surface area contributed by atoms with Gasteiger partial charge in [-0.3, -0.25) is 14.8 Å². The van der Waals surface area contributed by atoms with E-state index in [1.807, 2.05) is 30.3 Å². The van der Waals surface area contributed by atoms with Crippen molar-refractivity contribution in [2.75, 3.05) is 13.2 Å². The summed E-state index contributed by atoms with van der Waals surface area (Å²) in [4.78, 5) is 36.1. The molecule has 0 aliphatic heterocycles. The second kappa shape index (κ2) is 14.5. The summed E-state index contributed by atoms with van der Waals surface area (Å²) in [5.41, 5.74) is 3.12. The minimum atomic E-state index is -0.818. The zero-order chi connectivity index (χ0) is 23.9. The van der Waals surface area contributed by atoms with E-state index in [1.54, 1.807) is 24.3 Å². The van der Waals surface area contributed by atoms with Crippen molar-refractivity contribution in [3.63, 3.8) is 0 Å². The van der Waals surface area contributed by atoms with Crippen LogP contribution in [0, 0.1) is 0 Å². The summed E-state index contributed by atoms with van der Waals surface area (Å²) in [6, 6.07) is 15.2. The standard InChI is InChI=1S/C24H31N3O6/c1-2-3-7-14-25-23(29)21(26-24(30)33-16-19-8-5-4-6-9-19)15-18-10-12-20(13-11-18)32-17-22(28)27-31/h4-6,8-13,21,31H,2-3,7,14-17H2,1H3,(H,25,29)(H,26,30)(H,27,28)/t21-/m0/s1. The highest BCUT2D eigenvalue weighted by Crippen LogP contribution is 2.14. The molecule has 0 aromatic heterocycles. The molecular weight excluding hydrogens is 426 g/mol. The lowest BCUT2D eigenvalue weighted by Gasteiger charge is -2.19. The first-order chi connectivity index (χ1) is 16.0. The normalized spacial score (nSPS) is 11.2. The van der Waals surface area contributed by atoms with Crippen LogP contribution in [-0.2, 0) is 27.4 Å². The van der Waals surface area contributed by atoms with Crippen molar-refractivity contribution in [3.8, 4) is 5.75 Å². The monoisotopic (exact) mass is 457 g/mol. The average Bonchev–Trinajstić information content (AvgIpc) is 2.84. The lowest BCUT2D eigenvalue weighted by atomic mass is 10.0. The zero-order valence-electron chi connectivity index (χ0n) is 18.7. The molecular formula is C24H31N3O6. The van der Waals surface area contributed by atoms with Gasteiger partial charge in [-0.15, -0.1) is 0 Å². The molecule has 2 aromatic carbocycles. The van der Waals surface area contributed by atoms with Crippen molar-refractivity contribution in [2.24, 2.45) is 0 Å². The highest BCUT2D eigenvalue weighted by atomic mass is 16.5. The van der Waals surface area contributed by atoms with Gasteiger partial charge in [-0.25, -0.2) is 10.3 Å². The fourth-order valence-electron chi connectivity index (χ4n) is 2.96. The molecule has 2 aromatic rings. The molecule has 0 saturated carbocycles. The number of carbonyl (C=O) groups is 3. The summed E-state index contributed by atoms with van der Waals surface area (Å²) >= 11 is 0. The SMILES string of the molecule is CCCCCNC(=O)[C@H](Cc1ccc(OCC(=O)NO)cc1)NC(=O)OCc1ccccc1. The van der Waals surface area contributed by atoms with Crippen LogP contribution in [-0.4, -0.2) is 42.3 Å². The van der Waals surface area contributed by atoms with Gasteiger partial charge in [-0.2, -0.15) is 0 Å². The van der Waals surface area contributed by atoms with Crippen LogP contribution < -0.4 is 20.9 Å². The van der Waals surface area contributed by atoms with E-state index in [0.29, 0.717) is 12.3 Å². The molecule has 0 spiro atoms. The van der Waals surface area contributed by atoms with Gasteiger partial charge in [0.2, 0.25) is 5.91 Å². The smallest absolute Gasteiger partial charge is 0.408 e. The molecule has 0 aliphatic carbocycles. The van der Waals surface area contributed by atoms with Gasteiger partial charge in [-0.05, 0) is 29.7 Å². The lowest BCUT2D eigenvalue weighted by molar-refractivity contribution is -0.131. The minimum Gasteiger partial charge on any atom is -0.484 e. The number of ether oxygens (including phenoxy) is 2. The summed E-state index contributed by atoms with van der Waals surface area (Å²) < 4.78 is 10.5. The van der Waals surface area contributed by atoms with Gasteiger partial charge in [0.25, 0.3) is 5.91 Å². The van der Waals surface area contributed by atoms with Crippen molar-refractivity contribution in [1.82, 2.24) is 16.1 Å². The Kier molecular flexibility index (Phi) is 11.3. The molecule has 33 heavy (non-hydrogen) atoms. The van der Waals surface area contributed by atoms with E-state index in [9.17, 15) is 14.4 Å². The zero-order valence-corrected chi connectivity index (χ0v) is 18.7. The van der Waals surface area contributed by atoms with Crippen molar-refractivity contribution in [2.45, 2.75) is 45.3 Å². The van der Waals surface area contributed by atoms with E-state index in [0.717, 1.165) is 30.4 Å². The van der Waals surface area contributed by atoms with Crippen molar-refractivity contribution in [3.05, 3.63) is 65.7 Å². The third-order valence-corrected chi connectivity index (χ3v) is 4.76. The van der Waals surface area contributed by atoms with E-state index in [2.05, 4.69) is 17.6 Å². The molecule has 0 fully saturated rings. The number of benzene rings is 2. The molecule has 9 nitrogen and oxygen atoms in total. The maximum absolute atomic E-state index is 12.7. The maximum Gasteiger partial charge on any atom is 0.408 e. The number of amides is 3. The number of hydrogen-bond donors (Lipinski definition) is 4. The van der Waals surface area contributed by atoms with Gasteiger partial charge < -0.3 is 20.1 Å². The minimum absolute atomic E-state index is 0.102. The van der Waals surface area contributed by atoms with Crippen LogP contribution in [0.2, 0.25) is 0 Å². The largest absolute Gasteiger partial charge is 0.484 e. The topological polar surface area (TPSA) is 126 Å². The molecule has 0 heterocycles. The molecule has 3 amide bonds. The Labute approximate surface area is 193 Å². The fraction of sp³-hybridized carbons (Fsp3) is 0.375. The van der Waals surface area contributed by atoms with Crippen LogP contribution in [0.15, 0.2) is 54.6 Å². The molecule has 1 atom stereocenters. The van der Waals surface area contributed by atoms with Crippen LogP contribution in [0.5, 0.6) is 5.75 Å². The van der Waals surface area contributed by atoms with Crippen LogP contribution in [0.1, 0.15) is 37.3 Å². The predicted molar refractivity (Wildman–Crippen MR) is 122 cm³/mol. The Bertz CT molecular complexity index is 874. The Balaban J connectivity index is 1.96. The van der Waals surface area contributed by atoms with Crippen molar-refractivity contribution >= 4 is 17.9 Å². The van der Waals surface area contributed by atoms with Crippen LogP contribution >= 0.6 is 0 Å². The predicted octanol–water partition coefficient (Wildman–Crippen LogP) is 2.71. The molecule has 0 saturated heterocycles. The molecule has 0 bridgehead atoms. The molecule has 0 unspecified atom stereocenters. The van der Waals surface area contributed by atoms with Crippen molar-refractivity contribution < 1.29 is 29.1 Å². The second-order valence-corrected chi connectivity index (χ2v) is 7.43. The average molecular weight is 458 g/mol. The first kappa shape index (κ1) is 25.7. The Morgan fingerprint density at radius 2 is 1.70 bits per heavy atom. The highest BCUT2D eigenvalue weighted by molar-refractivity contribution is 5.85. The summed E-state index contributed by atoms with van der Waals surface area (Å²) in [6.45, 7) is 2.39. The van der Waals surface area contributed by atoms with E-state index < -0.39 is 18.0 Å². The Morgan fingerprint density at radius 1 is 0.970 bits per heavy atom. The number of nitrogens with one attached hydrogen (secondary N) is 3. The number of alkyl carbamates (subject to hydrolysis) is 1. The van der Waals surface area contributed by atoms with Gasteiger partial charge in [0.1, 0.15) is 18.4 Å². The fourth-order valence-corrected chi connectivity index (χ4v) is 2.96. The summed E-state index contributed by atoms with van der Waals surface area (Å²) in [7, 11) is 0. The van der Waals surface area contributed by atoms with Gasteiger partial charge in [0.05, 0.1) is 0 Å². The first-order valence-electron chi connectivity index (χ1n) is 10.9. The highest BCUT2D eigenvalue weighted by Gasteiger charge is 2.22. The number of hydroxylamine groups is 1. The number of carbonyl (C=O) groups excluding carboxylic acids is 3. The molecule has 0 radical (unpaired) electrons. The lowest BCUT2D eigenvalue weighted by Crippen LogP contribution is -2.48. The first-order valence-corrected chi connectivity index (χ1v) is 10.9. The van der Waals surface area contributed by atoms with Crippen LogP contribution in [0.4, 0.5) is 4.79 Å². The van der Waals surface area contributed by atoms with Gasteiger partial charge in [0, 0.05) is 13.0 Å². The quantitative estimate of drug-likeness (QED) is 0.208. The van der Waals surface area contributed by atoms with Crippen molar-refractivity contribution in [1.29, 1.82) is 0 Å². The Morgan fingerprint density at radius 3 is 2.36 bits per heavy atom. The Hall–Kier alpha value is -3.59. The van der Waals surface area contributed by atoms with Gasteiger partial charge >= 0.3 is 6.09 Å². The van der Waals surface area contributed by atoms with E-state index in [1.165, 1.54) is 5.48 Å². The molecule has 9 heteroatoms. The molecule has 4 N–H and O–H groups in total. The third-order valence-electron chi connectivity index (χ3n) is 4.76. The van der Waals surface area contributed by atoms with E-state index in [4.69, 9.17) is 14.7 Å². The summed E-state index contributed by atoms with van der Waals surface area (Å²) in [5, 5.41) is 14.0. The van der Waals surface area contributed by atoms with Crippen LogP contribution in [0.25, 0.3) is 0 Å². The second-order valence-electron chi connectivity index (χ2n) is 7.43.